The van der Waals surface area contributed by atoms with Crippen LogP contribution in [-0.2, 0) is 4.74 Å². The van der Waals surface area contributed by atoms with E-state index in [0.717, 1.165) is 0 Å². The van der Waals surface area contributed by atoms with Crippen molar-refractivity contribution in [2.24, 2.45) is 0 Å². The summed E-state index contributed by atoms with van der Waals surface area (Å²) in [6.45, 7) is 5.28. The Morgan fingerprint density at radius 2 is 2.14 bits per heavy atom. The average Bonchev–Trinajstić information content (AvgIpc) is 2.39. The summed E-state index contributed by atoms with van der Waals surface area (Å²) in [5.41, 5.74) is 0.151. The molecular formula is C15H19Cl2NO3. The quantitative estimate of drug-likeness (QED) is 0.862. The molecule has 1 fully saturated rings. The highest BCUT2D eigenvalue weighted by atomic mass is 35.5. The first kappa shape index (κ1) is 16.7. The molecule has 0 aliphatic carbocycles. The van der Waals surface area contributed by atoms with Gasteiger partial charge in [-0.15, -0.1) is 0 Å². The van der Waals surface area contributed by atoms with Crippen LogP contribution >= 0.6 is 23.2 Å². The van der Waals surface area contributed by atoms with Gasteiger partial charge >= 0.3 is 0 Å². The van der Waals surface area contributed by atoms with Crippen LogP contribution in [0.25, 0.3) is 0 Å². The second-order valence-corrected chi connectivity index (χ2v) is 6.72. The number of hydrogen-bond donors (Lipinski definition) is 1. The molecule has 1 unspecified atom stereocenters. The minimum atomic E-state index is -0.385. The highest BCUT2D eigenvalue weighted by Gasteiger charge is 2.33. The maximum atomic E-state index is 12.3. The molecule has 0 bridgehead atoms. The number of benzene rings is 1. The third-order valence-electron chi connectivity index (χ3n) is 3.36. The molecule has 1 aliphatic heterocycles. The van der Waals surface area contributed by atoms with Gasteiger partial charge in [-0.1, -0.05) is 23.2 Å². The number of nitrogens with zero attached hydrogens (tertiary/aromatic N) is 1. The van der Waals surface area contributed by atoms with Crippen LogP contribution in [0, 0.1) is 0 Å². The number of aliphatic hydroxyl groups is 1. The largest absolute Gasteiger partial charge is 0.394 e. The van der Waals surface area contributed by atoms with Crippen LogP contribution in [0.5, 0.6) is 0 Å². The van der Waals surface area contributed by atoms with Crippen molar-refractivity contribution in [3.8, 4) is 0 Å². The lowest BCUT2D eigenvalue weighted by Gasteiger charge is -2.42. The molecule has 0 radical (unpaired) electrons. The van der Waals surface area contributed by atoms with Gasteiger partial charge in [0.1, 0.15) is 0 Å². The maximum Gasteiger partial charge on any atom is 0.176 e. The lowest BCUT2D eigenvalue weighted by molar-refractivity contribution is -0.146. The SMILES string of the molecule is CC1(C)CN(CC(=O)c2ccc(Cl)c(Cl)c2)CC(CO)O1. The lowest BCUT2D eigenvalue weighted by atomic mass is 10.0. The molecule has 1 saturated heterocycles. The van der Waals surface area contributed by atoms with Crippen LogP contribution in [0.2, 0.25) is 10.0 Å². The van der Waals surface area contributed by atoms with Gasteiger partial charge in [-0.05, 0) is 32.0 Å². The Bertz CT molecular complexity index is 534. The fourth-order valence-electron chi connectivity index (χ4n) is 2.60. The first-order chi connectivity index (χ1) is 9.80. The van der Waals surface area contributed by atoms with E-state index in [1.807, 2.05) is 18.7 Å². The van der Waals surface area contributed by atoms with Crippen molar-refractivity contribution >= 4 is 29.0 Å². The van der Waals surface area contributed by atoms with Gasteiger partial charge in [0.15, 0.2) is 5.78 Å². The maximum absolute atomic E-state index is 12.3. The number of carbonyl (C=O) groups excluding carboxylic acids is 1. The first-order valence-electron chi connectivity index (χ1n) is 6.80. The summed E-state index contributed by atoms with van der Waals surface area (Å²) in [7, 11) is 0. The number of Topliss-reactive ketones (excluding diaryl/α,β-unsaturated/α-hetero) is 1. The van der Waals surface area contributed by atoms with Gasteiger partial charge in [-0.2, -0.15) is 0 Å². The molecule has 0 saturated carbocycles. The molecule has 6 heteroatoms. The van der Waals surface area contributed by atoms with Crippen LogP contribution in [0.1, 0.15) is 24.2 Å². The Kier molecular flexibility index (Phi) is 5.28. The van der Waals surface area contributed by atoms with Crippen molar-refractivity contribution in [1.29, 1.82) is 0 Å². The summed E-state index contributed by atoms with van der Waals surface area (Å²) in [5.74, 6) is -0.0250. The van der Waals surface area contributed by atoms with Crippen molar-refractivity contribution in [2.45, 2.75) is 25.6 Å². The Hall–Kier alpha value is -0.650. The Labute approximate surface area is 134 Å². The fraction of sp³-hybridized carbons (Fsp3) is 0.533. The molecule has 0 amide bonds. The summed E-state index contributed by atoms with van der Waals surface area (Å²) >= 11 is 11.8. The predicted octanol–water partition coefficient (Wildman–Crippen LogP) is 2.65. The van der Waals surface area contributed by atoms with Crippen molar-refractivity contribution in [2.75, 3.05) is 26.2 Å². The molecule has 0 spiro atoms. The minimum Gasteiger partial charge on any atom is -0.394 e. The number of hydrogen-bond acceptors (Lipinski definition) is 4. The lowest BCUT2D eigenvalue weighted by Crippen LogP contribution is -2.54. The van der Waals surface area contributed by atoms with E-state index in [2.05, 4.69) is 0 Å². The summed E-state index contributed by atoms with van der Waals surface area (Å²) in [5, 5.41) is 10.1. The van der Waals surface area contributed by atoms with Gasteiger partial charge < -0.3 is 9.84 Å². The highest BCUT2D eigenvalue weighted by Crippen LogP contribution is 2.24. The number of halogens is 2. The number of aliphatic hydroxyl groups excluding tert-OH is 1. The molecule has 1 atom stereocenters. The molecule has 1 heterocycles. The van der Waals surface area contributed by atoms with E-state index in [4.69, 9.17) is 27.9 Å². The zero-order valence-corrected chi connectivity index (χ0v) is 13.6. The minimum absolute atomic E-state index is 0.0250. The van der Waals surface area contributed by atoms with Crippen LogP contribution in [0.4, 0.5) is 0 Å². The Morgan fingerprint density at radius 3 is 2.76 bits per heavy atom. The van der Waals surface area contributed by atoms with Crippen LogP contribution in [0.3, 0.4) is 0 Å². The zero-order valence-electron chi connectivity index (χ0n) is 12.1. The first-order valence-corrected chi connectivity index (χ1v) is 7.55. The summed E-state index contributed by atoms with van der Waals surface area (Å²) in [4.78, 5) is 14.3. The van der Waals surface area contributed by atoms with Crippen molar-refractivity contribution in [1.82, 2.24) is 4.90 Å². The molecule has 1 N–H and O–H groups in total. The Morgan fingerprint density at radius 1 is 1.43 bits per heavy atom. The van der Waals surface area contributed by atoms with Gasteiger partial charge in [0.25, 0.3) is 0 Å². The normalized spacial score (nSPS) is 22.2. The smallest absolute Gasteiger partial charge is 0.176 e. The molecular weight excluding hydrogens is 313 g/mol. The van der Waals surface area contributed by atoms with E-state index in [0.29, 0.717) is 28.7 Å². The molecule has 1 aromatic carbocycles. The molecule has 21 heavy (non-hydrogen) atoms. The van der Waals surface area contributed by atoms with E-state index in [1.165, 1.54) is 0 Å². The van der Waals surface area contributed by atoms with Crippen LogP contribution in [-0.4, -0.2) is 53.7 Å². The van der Waals surface area contributed by atoms with E-state index < -0.39 is 0 Å². The van der Waals surface area contributed by atoms with Crippen LogP contribution < -0.4 is 0 Å². The molecule has 2 rings (SSSR count). The van der Waals surface area contributed by atoms with Gasteiger partial charge in [0.2, 0.25) is 0 Å². The summed E-state index contributed by atoms with van der Waals surface area (Å²) in [6, 6.07) is 4.88. The monoisotopic (exact) mass is 331 g/mol. The number of ether oxygens (including phenoxy) is 1. The third kappa shape index (κ3) is 4.41. The van der Waals surface area contributed by atoms with Gasteiger partial charge in [0.05, 0.1) is 34.9 Å². The number of morpholine rings is 1. The highest BCUT2D eigenvalue weighted by molar-refractivity contribution is 6.42. The second-order valence-electron chi connectivity index (χ2n) is 5.90. The van der Waals surface area contributed by atoms with Crippen molar-refractivity contribution in [3.63, 3.8) is 0 Å². The number of rotatable bonds is 4. The topological polar surface area (TPSA) is 49.8 Å². The molecule has 0 aromatic heterocycles. The molecule has 4 nitrogen and oxygen atoms in total. The van der Waals surface area contributed by atoms with E-state index >= 15 is 0 Å². The fourth-order valence-corrected chi connectivity index (χ4v) is 2.89. The van der Waals surface area contributed by atoms with Crippen molar-refractivity contribution in [3.05, 3.63) is 33.8 Å². The molecule has 1 aliphatic rings. The Balaban J connectivity index is 2.06. The number of carbonyl (C=O) groups is 1. The van der Waals surface area contributed by atoms with E-state index in [1.54, 1.807) is 18.2 Å². The molecule has 116 valence electrons. The van der Waals surface area contributed by atoms with Gasteiger partial charge in [0, 0.05) is 18.7 Å². The average molecular weight is 332 g/mol. The van der Waals surface area contributed by atoms with Crippen LogP contribution in [0.15, 0.2) is 18.2 Å². The standard InChI is InChI=1S/C15H19Cl2NO3/c1-15(2)9-18(6-11(8-19)21-15)7-14(20)10-3-4-12(16)13(17)5-10/h3-5,11,19H,6-9H2,1-2H3. The summed E-state index contributed by atoms with van der Waals surface area (Å²) < 4.78 is 5.73. The molecule has 1 aromatic rings. The second kappa shape index (κ2) is 6.63. The summed E-state index contributed by atoms with van der Waals surface area (Å²) in [6.07, 6.45) is -0.268. The third-order valence-corrected chi connectivity index (χ3v) is 4.10. The van der Waals surface area contributed by atoms with E-state index in [9.17, 15) is 9.90 Å². The van der Waals surface area contributed by atoms with Gasteiger partial charge in [-0.25, -0.2) is 0 Å². The van der Waals surface area contributed by atoms with Crippen molar-refractivity contribution < 1.29 is 14.6 Å². The predicted molar refractivity (Wildman–Crippen MR) is 83.3 cm³/mol. The number of ketones is 1. The zero-order chi connectivity index (χ0) is 15.6. The van der Waals surface area contributed by atoms with E-state index in [-0.39, 0.29) is 30.6 Å². The van der Waals surface area contributed by atoms with Gasteiger partial charge in [-0.3, -0.25) is 9.69 Å².